The molecule has 20 heavy (non-hydrogen) atoms. The van der Waals surface area contributed by atoms with Crippen molar-refractivity contribution in [2.24, 2.45) is 0 Å². The second-order valence-corrected chi connectivity index (χ2v) is 5.72. The van der Waals surface area contributed by atoms with Gasteiger partial charge in [-0.25, -0.2) is 14.5 Å². The Balaban J connectivity index is 2.18. The number of hydrogen-bond donors (Lipinski definition) is 1. The second kappa shape index (κ2) is 4.91. The largest absolute Gasteiger partial charge is 0.475 e. The Morgan fingerprint density at radius 1 is 1.20 bits per heavy atom. The van der Waals surface area contributed by atoms with Crippen molar-refractivity contribution in [2.45, 2.75) is 18.8 Å². The number of carbonyl (C=O) groups is 1. The highest BCUT2D eigenvalue weighted by atomic mass is 35.5. The summed E-state index contributed by atoms with van der Waals surface area (Å²) in [6.45, 7) is 0. The minimum Gasteiger partial charge on any atom is -0.475 e. The van der Waals surface area contributed by atoms with E-state index in [1.807, 2.05) is 0 Å². The van der Waals surface area contributed by atoms with Crippen molar-refractivity contribution in [2.75, 3.05) is 0 Å². The van der Waals surface area contributed by atoms with Crippen molar-refractivity contribution < 1.29 is 9.90 Å². The molecule has 3 rings (SSSR count). The van der Waals surface area contributed by atoms with E-state index in [0.29, 0.717) is 26.6 Å². The van der Waals surface area contributed by atoms with Crippen molar-refractivity contribution in [3.05, 3.63) is 38.8 Å². The molecule has 1 N–H and O–H groups in total. The summed E-state index contributed by atoms with van der Waals surface area (Å²) in [6, 6.07) is 3.05. The minimum absolute atomic E-state index is 0.209. The molecule has 1 saturated carbocycles. The number of rotatable bonds is 3. The summed E-state index contributed by atoms with van der Waals surface area (Å²) < 4.78 is 1.44. The van der Waals surface area contributed by atoms with Gasteiger partial charge in [0.2, 0.25) is 0 Å². The third kappa shape index (κ3) is 2.37. The van der Waals surface area contributed by atoms with Crippen LogP contribution in [0.4, 0.5) is 0 Å². The Morgan fingerprint density at radius 3 is 2.45 bits per heavy atom. The van der Waals surface area contributed by atoms with Crippen LogP contribution < -0.4 is 0 Å². The maximum Gasteiger partial charge on any atom is 0.375 e. The van der Waals surface area contributed by atoms with Crippen LogP contribution in [0.15, 0.2) is 12.1 Å². The van der Waals surface area contributed by atoms with Crippen LogP contribution in [0.5, 0.6) is 0 Å². The molecule has 1 aromatic carbocycles. The molecule has 0 atom stereocenters. The van der Waals surface area contributed by atoms with Crippen LogP contribution in [0.1, 0.15) is 35.2 Å². The van der Waals surface area contributed by atoms with Crippen LogP contribution in [0, 0.1) is 0 Å². The highest BCUT2D eigenvalue weighted by molar-refractivity contribution is 6.43. The van der Waals surface area contributed by atoms with E-state index in [2.05, 4.69) is 10.1 Å². The maximum atomic E-state index is 11.0. The average molecular weight is 333 g/mol. The summed E-state index contributed by atoms with van der Waals surface area (Å²) >= 11 is 18.0. The molecule has 8 heteroatoms. The van der Waals surface area contributed by atoms with Crippen LogP contribution in [-0.2, 0) is 0 Å². The lowest BCUT2D eigenvalue weighted by Crippen LogP contribution is -2.04. The molecule has 0 saturated heterocycles. The van der Waals surface area contributed by atoms with Crippen LogP contribution in [0.25, 0.3) is 5.69 Å². The molecular formula is C12H8Cl3N3O2. The predicted octanol–water partition coefficient (Wildman–Crippen LogP) is 3.80. The van der Waals surface area contributed by atoms with Crippen LogP contribution >= 0.6 is 34.8 Å². The lowest BCUT2D eigenvalue weighted by molar-refractivity contribution is 0.0683. The lowest BCUT2D eigenvalue weighted by Gasteiger charge is -2.08. The van der Waals surface area contributed by atoms with Gasteiger partial charge in [-0.05, 0) is 25.0 Å². The summed E-state index contributed by atoms with van der Waals surface area (Å²) in [6.07, 6.45) is 1.91. The minimum atomic E-state index is -1.18. The normalized spacial score (nSPS) is 14.6. The van der Waals surface area contributed by atoms with Crippen molar-refractivity contribution in [3.8, 4) is 5.69 Å². The van der Waals surface area contributed by atoms with Gasteiger partial charge in [0.15, 0.2) is 0 Å². The van der Waals surface area contributed by atoms with E-state index in [1.54, 1.807) is 6.07 Å². The summed E-state index contributed by atoms with van der Waals surface area (Å²) in [5.41, 5.74) is 0.475. The third-order valence-electron chi connectivity index (χ3n) is 2.98. The van der Waals surface area contributed by atoms with Crippen molar-refractivity contribution in [1.29, 1.82) is 0 Å². The highest BCUT2D eigenvalue weighted by Crippen LogP contribution is 2.41. The van der Waals surface area contributed by atoms with Crippen molar-refractivity contribution >= 4 is 40.8 Å². The number of carboxylic acids is 1. The smallest absolute Gasteiger partial charge is 0.375 e. The fourth-order valence-electron chi connectivity index (χ4n) is 1.87. The molecule has 1 aliphatic carbocycles. The molecule has 1 aromatic heterocycles. The maximum absolute atomic E-state index is 11.0. The van der Waals surface area contributed by atoms with Crippen LogP contribution in [0.3, 0.4) is 0 Å². The van der Waals surface area contributed by atoms with E-state index in [4.69, 9.17) is 39.9 Å². The van der Waals surface area contributed by atoms with Gasteiger partial charge < -0.3 is 5.11 Å². The van der Waals surface area contributed by atoms with Gasteiger partial charge in [0, 0.05) is 5.92 Å². The Morgan fingerprint density at radius 2 is 1.85 bits per heavy atom. The number of halogens is 3. The summed E-state index contributed by atoms with van der Waals surface area (Å²) in [7, 11) is 0. The highest BCUT2D eigenvalue weighted by Gasteiger charge is 2.32. The Kier molecular flexibility index (Phi) is 3.36. The number of carboxylic acid groups (broad SMARTS) is 1. The molecule has 0 bridgehead atoms. The first-order valence-electron chi connectivity index (χ1n) is 5.82. The average Bonchev–Trinajstić information content (AvgIpc) is 3.13. The quantitative estimate of drug-likeness (QED) is 0.868. The topological polar surface area (TPSA) is 68.0 Å². The molecular weight excluding hydrogens is 325 g/mol. The third-order valence-corrected chi connectivity index (χ3v) is 4.01. The molecule has 104 valence electrons. The van der Waals surface area contributed by atoms with E-state index in [1.165, 1.54) is 10.7 Å². The summed E-state index contributed by atoms with van der Waals surface area (Å²) in [5.74, 6) is -0.639. The first-order chi connectivity index (χ1) is 9.47. The molecule has 2 aromatic rings. The van der Waals surface area contributed by atoms with E-state index in [-0.39, 0.29) is 11.7 Å². The summed E-state index contributed by atoms with van der Waals surface area (Å²) in [5, 5.41) is 14.0. The van der Waals surface area contributed by atoms with Gasteiger partial charge in [0.05, 0.1) is 20.8 Å². The van der Waals surface area contributed by atoms with E-state index < -0.39 is 5.97 Å². The number of benzene rings is 1. The second-order valence-electron chi connectivity index (χ2n) is 4.50. The fourth-order valence-corrected chi connectivity index (χ4v) is 2.49. The number of aromatic nitrogens is 3. The Labute approximate surface area is 129 Å². The number of aromatic carboxylic acids is 1. The van der Waals surface area contributed by atoms with Gasteiger partial charge in [-0.1, -0.05) is 34.8 Å². The van der Waals surface area contributed by atoms with E-state index >= 15 is 0 Å². The van der Waals surface area contributed by atoms with E-state index in [0.717, 1.165) is 12.8 Å². The molecule has 1 fully saturated rings. The monoisotopic (exact) mass is 331 g/mol. The zero-order valence-electron chi connectivity index (χ0n) is 9.98. The molecule has 1 heterocycles. The molecule has 0 amide bonds. The Hall–Kier alpha value is -1.30. The molecule has 0 spiro atoms. The van der Waals surface area contributed by atoms with Gasteiger partial charge in [-0.15, -0.1) is 5.10 Å². The number of hydrogen-bond acceptors (Lipinski definition) is 3. The first kappa shape index (κ1) is 13.7. The molecule has 0 aliphatic heterocycles. The van der Waals surface area contributed by atoms with Gasteiger partial charge in [-0.2, -0.15) is 0 Å². The van der Waals surface area contributed by atoms with Crippen LogP contribution in [0.2, 0.25) is 15.1 Å². The predicted molar refractivity (Wildman–Crippen MR) is 75.3 cm³/mol. The Bertz CT molecular complexity index is 710. The number of nitrogens with zero attached hydrogens (tertiary/aromatic N) is 3. The van der Waals surface area contributed by atoms with Gasteiger partial charge in [0.1, 0.15) is 5.82 Å². The molecule has 1 aliphatic rings. The van der Waals surface area contributed by atoms with Gasteiger partial charge in [-0.3, -0.25) is 0 Å². The van der Waals surface area contributed by atoms with Gasteiger partial charge in [0.25, 0.3) is 5.82 Å². The SMILES string of the molecule is O=C(O)c1nc(C2CC2)n(-c2cc(Cl)c(Cl)cc2Cl)n1. The van der Waals surface area contributed by atoms with Gasteiger partial charge >= 0.3 is 5.97 Å². The molecule has 0 unspecified atom stereocenters. The standard InChI is InChI=1S/C12H8Cl3N3O2/c13-6-3-8(15)9(4-7(6)14)18-11(5-1-2-5)16-10(17-18)12(19)20/h3-5H,1-2H2,(H,19,20). The lowest BCUT2D eigenvalue weighted by atomic mass is 10.3. The fraction of sp³-hybridized carbons (Fsp3) is 0.250. The summed E-state index contributed by atoms with van der Waals surface area (Å²) in [4.78, 5) is 15.1. The first-order valence-corrected chi connectivity index (χ1v) is 6.96. The van der Waals surface area contributed by atoms with Crippen LogP contribution in [-0.4, -0.2) is 25.8 Å². The van der Waals surface area contributed by atoms with Crippen molar-refractivity contribution in [1.82, 2.24) is 14.8 Å². The van der Waals surface area contributed by atoms with Crippen molar-refractivity contribution in [3.63, 3.8) is 0 Å². The zero-order valence-corrected chi connectivity index (χ0v) is 12.2. The molecule has 5 nitrogen and oxygen atoms in total. The molecule has 0 radical (unpaired) electrons. The zero-order chi connectivity index (χ0) is 14.4. The van der Waals surface area contributed by atoms with E-state index in [9.17, 15) is 4.79 Å².